The van der Waals surface area contributed by atoms with Crippen LogP contribution in [-0.2, 0) is 16.0 Å². The summed E-state index contributed by atoms with van der Waals surface area (Å²) in [6.45, 7) is 5.92. The Labute approximate surface area is 200 Å². The fourth-order valence-electron chi connectivity index (χ4n) is 3.11. The first-order valence-corrected chi connectivity index (χ1v) is 11.3. The van der Waals surface area contributed by atoms with Gasteiger partial charge in [-0.2, -0.15) is 0 Å². The first-order chi connectivity index (χ1) is 14.7. The van der Waals surface area contributed by atoms with Crippen LogP contribution in [0.4, 0.5) is 5.69 Å². The Balaban J connectivity index is 2.00. The average Bonchev–Trinajstić information content (AvgIpc) is 2.72. The van der Waals surface area contributed by atoms with Crippen LogP contribution in [0.1, 0.15) is 31.9 Å². The number of rotatable bonds is 6. The molecule has 0 aromatic heterocycles. The Morgan fingerprint density at radius 1 is 1.19 bits per heavy atom. The molecular weight excluding hydrogens is 527 g/mol. The third kappa shape index (κ3) is 5.07. The Bertz CT molecular complexity index is 1060. The third-order valence-corrected chi connectivity index (χ3v) is 5.71. The van der Waals surface area contributed by atoms with Gasteiger partial charge in [-0.25, -0.2) is 0 Å². The van der Waals surface area contributed by atoms with Crippen LogP contribution in [-0.4, -0.2) is 30.1 Å². The highest BCUT2D eigenvalue weighted by Crippen LogP contribution is 2.35. The Hall–Kier alpha value is -2.46. The standard InChI is InChI=1S/C23H23IN2O4S/c1-5-14-6-8-16(9-7-14)26-22(28)17(21(27)25-23(26)31)10-15-11-18(24)20(30-13(2)3)19(12-15)29-4/h6-13H,5H2,1-4H3,(H,25,27,31)/b17-10+. The van der Waals surface area contributed by atoms with Crippen molar-refractivity contribution in [2.45, 2.75) is 33.3 Å². The number of anilines is 1. The number of carbonyl (C=O) groups excluding carboxylic acids is 2. The fourth-order valence-corrected chi connectivity index (χ4v) is 4.15. The van der Waals surface area contributed by atoms with E-state index >= 15 is 0 Å². The van der Waals surface area contributed by atoms with Crippen molar-refractivity contribution in [3.63, 3.8) is 0 Å². The highest BCUT2D eigenvalue weighted by molar-refractivity contribution is 14.1. The quantitative estimate of drug-likeness (QED) is 0.249. The van der Waals surface area contributed by atoms with E-state index in [0.717, 1.165) is 15.6 Å². The number of nitrogens with zero attached hydrogens (tertiary/aromatic N) is 1. The van der Waals surface area contributed by atoms with Gasteiger partial charge < -0.3 is 9.47 Å². The Morgan fingerprint density at radius 2 is 1.87 bits per heavy atom. The van der Waals surface area contributed by atoms with Gasteiger partial charge in [0.2, 0.25) is 0 Å². The summed E-state index contributed by atoms with van der Waals surface area (Å²) in [7, 11) is 1.55. The predicted molar refractivity (Wildman–Crippen MR) is 133 cm³/mol. The van der Waals surface area contributed by atoms with Gasteiger partial charge in [0.25, 0.3) is 11.8 Å². The molecule has 3 rings (SSSR count). The van der Waals surface area contributed by atoms with Gasteiger partial charge in [0.1, 0.15) is 5.57 Å². The molecule has 1 aliphatic heterocycles. The number of thiocarbonyl (C=S) groups is 1. The molecule has 6 nitrogen and oxygen atoms in total. The van der Waals surface area contributed by atoms with Crippen LogP contribution in [0.2, 0.25) is 0 Å². The van der Waals surface area contributed by atoms with E-state index in [2.05, 4.69) is 34.8 Å². The highest BCUT2D eigenvalue weighted by Gasteiger charge is 2.34. The Kier molecular flexibility index (Phi) is 7.32. The SMILES string of the molecule is CCc1ccc(N2C(=O)/C(=C/c3cc(I)c(OC(C)C)c(OC)c3)C(=O)NC2=S)cc1. The number of nitrogens with one attached hydrogen (secondary N) is 1. The summed E-state index contributed by atoms with van der Waals surface area (Å²) in [6.07, 6.45) is 2.40. The van der Waals surface area contributed by atoms with Crippen molar-refractivity contribution < 1.29 is 19.1 Å². The topological polar surface area (TPSA) is 67.9 Å². The minimum Gasteiger partial charge on any atom is -0.493 e. The molecule has 0 saturated carbocycles. The number of halogens is 1. The number of methoxy groups -OCH3 is 1. The van der Waals surface area contributed by atoms with Crippen molar-refractivity contribution >= 4 is 63.5 Å². The van der Waals surface area contributed by atoms with Crippen molar-refractivity contribution in [2.24, 2.45) is 0 Å². The van der Waals surface area contributed by atoms with Gasteiger partial charge in [-0.3, -0.25) is 19.8 Å². The van der Waals surface area contributed by atoms with Gasteiger partial charge in [-0.15, -0.1) is 0 Å². The molecule has 31 heavy (non-hydrogen) atoms. The predicted octanol–water partition coefficient (Wildman–Crippen LogP) is 4.48. The number of ether oxygens (including phenoxy) is 2. The number of benzene rings is 2. The molecule has 0 aliphatic carbocycles. The van der Waals surface area contributed by atoms with Crippen molar-refractivity contribution in [3.05, 3.63) is 56.7 Å². The maximum Gasteiger partial charge on any atom is 0.270 e. The maximum absolute atomic E-state index is 13.2. The van der Waals surface area contributed by atoms with Crippen LogP contribution in [0.5, 0.6) is 11.5 Å². The van der Waals surface area contributed by atoms with Gasteiger partial charge in [0, 0.05) is 0 Å². The number of aryl methyl sites for hydroxylation is 1. The molecule has 1 N–H and O–H groups in total. The molecule has 0 spiro atoms. The van der Waals surface area contributed by atoms with Crippen LogP contribution in [0.3, 0.4) is 0 Å². The minimum atomic E-state index is -0.534. The van der Waals surface area contributed by atoms with Crippen LogP contribution >= 0.6 is 34.8 Å². The molecule has 1 saturated heterocycles. The molecule has 162 valence electrons. The molecule has 2 amide bonds. The molecule has 0 atom stereocenters. The average molecular weight is 550 g/mol. The second kappa shape index (κ2) is 9.78. The van der Waals surface area contributed by atoms with E-state index in [4.69, 9.17) is 21.7 Å². The van der Waals surface area contributed by atoms with E-state index < -0.39 is 11.8 Å². The summed E-state index contributed by atoms with van der Waals surface area (Å²) in [5.74, 6) is 0.138. The summed E-state index contributed by atoms with van der Waals surface area (Å²) in [6, 6.07) is 11.1. The van der Waals surface area contributed by atoms with E-state index in [1.807, 2.05) is 44.2 Å². The summed E-state index contributed by atoms with van der Waals surface area (Å²) in [5, 5.41) is 2.67. The largest absolute Gasteiger partial charge is 0.493 e. The van der Waals surface area contributed by atoms with Crippen LogP contribution in [0, 0.1) is 3.57 Å². The first kappa shape index (κ1) is 23.2. The van der Waals surface area contributed by atoms with Crippen molar-refractivity contribution in [3.8, 4) is 11.5 Å². The number of hydrogen-bond acceptors (Lipinski definition) is 5. The number of hydrogen-bond donors (Lipinski definition) is 1. The highest BCUT2D eigenvalue weighted by atomic mass is 127. The number of amides is 2. The zero-order chi connectivity index (χ0) is 22.7. The van der Waals surface area contributed by atoms with Gasteiger partial charge in [-0.1, -0.05) is 19.1 Å². The normalized spacial score (nSPS) is 15.5. The maximum atomic E-state index is 13.2. The summed E-state index contributed by atoms with van der Waals surface area (Å²) in [4.78, 5) is 27.1. The van der Waals surface area contributed by atoms with Gasteiger partial charge in [0.05, 0.1) is 22.5 Å². The lowest BCUT2D eigenvalue weighted by molar-refractivity contribution is -0.122. The zero-order valence-corrected chi connectivity index (χ0v) is 20.7. The number of carbonyl (C=O) groups is 2. The molecule has 2 aromatic rings. The molecule has 0 bridgehead atoms. The van der Waals surface area contributed by atoms with Crippen molar-refractivity contribution in [2.75, 3.05) is 12.0 Å². The van der Waals surface area contributed by atoms with Crippen LogP contribution < -0.4 is 19.7 Å². The zero-order valence-electron chi connectivity index (χ0n) is 17.7. The molecule has 1 heterocycles. The first-order valence-electron chi connectivity index (χ1n) is 9.79. The van der Waals surface area contributed by atoms with E-state index in [9.17, 15) is 9.59 Å². The van der Waals surface area contributed by atoms with E-state index in [-0.39, 0.29) is 16.8 Å². The smallest absolute Gasteiger partial charge is 0.270 e. The van der Waals surface area contributed by atoms with Crippen molar-refractivity contribution in [1.82, 2.24) is 5.32 Å². The van der Waals surface area contributed by atoms with E-state index in [0.29, 0.717) is 22.7 Å². The molecule has 0 radical (unpaired) electrons. The minimum absolute atomic E-state index is 0.0106. The summed E-state index contributed by atoms with van der Waals surface area (Å²) < 4.78 is 12.1. The summed E-state index contributed by atoms with van der Waals surface area (Å²) in [5.41, 5.74) is 2.38. The lowest BCUT2D eigenvalue weighted by atomic mass is 10.1. The van der Waals surface area contributed by atoms with Crippen LogP contribution in [0.25, 0.3) is 6.08 Å². The van der Waals surface area contributed by atoms with Crippen LogP contribution in [0.15, 0.2) is 42.0 Å². The van der Waals surface area contributed by atoms with Gasteiger partial charge in [-0.05, 0) is 96.5 Å². The van der Waals surface area contributed by atoms with Crippen molar-refractivity contribution in [1.29, 1.82) is 0 Å². The van der Waals surface area contributed by atoms with E-state index in [1.165, 1.54) is 11.0 Å². The Morgan fingerprint density at radius 3 is 2.45 bits per heavy atom. The second-order valence-corrected chi connectivity index (χ2v) is 8.73. The second-order valence-electron chi connectivity index (χ2n) is 7.18. The molecule has 2 aromatic carbocycles. The molecule has 1 fully saturated rings. The van der Waals surface area contributed by atoms with E-state index in [1.54, 1.807) is 13.2 Å². The monoisotopic (exact) mass is 550 g/mol. The molecule has 0 unspecified atom stereocenters. The fraction of sp³-hybridized carbons (Fsp3) is 0.261. The van der Waals surface area contributed by atoms with Gasteiger partial charge in [0.15, 0.2) is 16.6 Å². The summed E-state index contributed by atoms with van der Waals surface area (Å²) >= 11 is 7.41. The molecule has 1 aliphatic rings. The lowest BCUT2D eigenvalue weighted by Crippen LogP contribution is -2.54. The van der Waals surface area contributed by atoms with Gasteiger partial charge >= 0.3 is 0 Å². The molecule has 8 heteroatoms. The molecular formula is C23H23IN2O4S. The lowest BCUT2D eigenvalue weighted by Gasteiger charge is -2.29. The third-order valence-electron chi connectivity index (χ3n) is 4.62.